The number of aliphatic hydroxyl groups is 1. The Morgan fingerprint density at radius 2 is 2.47 bits per heavy atom. The molecule has 0 radical (unpaired) electrons. The van der Waals surface area contributed by atoms with E-state index in [1.165, 1.54) is 0 Å². The van der Waals surface area contributed by atoms with Gasteiger partial charge in [-0.3, -0.25) is 4.79 Å². The maximum Gasteiger partial charge on any atom is 0.289 e. The zero-order valence-corrected chi connectivity index (χ0v) is 8.91. The number of amides is 1. The summed E-state index contributed by atoms with van der Waals surface area (Å²) in [5.41, 5.74) is 0. The highest BCUT2D eigenvalue weighted by atomic mass is 35.5. The van der Waals surface area contributed by atoms with Crippen molar-refractivity contribution in [3.05, 3.63) is 23.1 Å². The Balaban J connectivity index is 2.13. The van der Waals surface area contributed by atoms with E-state index in [2.05, 4.69) is 0 Å². The van der Waals surface area contributed by atoms with Crippen LogP contribution < -0.4 is 0 Å². The second kappa shape index (κ2) is 4.24. The molecule has 0 aliphatic carbocycles. The van der Waals surface area contributed by atoms with Gasteiger partial charge < -0.3 is 14.4 Å². The van der Waals surface area contributed by atoms with Crippen LogP contribution in [0.25, 0.3) is 0 Å². The van der Waals surface area contributed by atoms with Crippen LogP contribution in [0, 0.1) is 0 Å². The first-order valence-corrected chi connectivity index (χ1v) is 5.27. The number of aliphatic hydroxyl groups excluding tert-OH is 1. The van der Waals surface area contributed by atoms with E-state index in [-0.39, 0.29) is 29.5 Å². The molecule has 5 heteroatoms. The molecule has 4 nitrogen and oxygen atoms in total. The van der Waals surface area contributed by atoms with E-state index in [4.69, 9.17) is 21.1 Å². The van der Waals surface area contributed by atoms with Crippen molar-refractivity contribution in [2.45, 2.75) is 18.9 Å². The van der Waals surface area contributed by atoms with Crippen LogP contribution in [-0.4, -0.2) is 35.1 Å². The third-order valence-corrected chi connectivity index (χ3v) is 2.84. The fraction of sp³-hybridized carbons (Fsp3) is 0.500. The van der Waals surface area contributed by atoms with Gasteiger partial charge in [0.2, 0.25) is 0 Å². The smallest absolute Gasteiger partial charge is 0.289 e. The molecular formula is C10H12ClNO3. The van der Waals surface area contributed by atoms with Crippen molar-refractivity contribution in [2.24, 2.45) is 0 Å². The van der Waals surface area contributed by atoms with Gasteiger partial charge in [0.1, 0.15) is 0 Å². The first-order valence-electron chi connectivity index (χ1n) is 4.89. The van der Waals surface area contributed by atoms with Crippen molar-refractivity contribution in [3.63, 3.8) is 0 Å². The molecule has 15 heavy (non-hydrogen) atoms. The summed E-state index contributed by atoms with van der Waals surface area (Å²) < 4.78 is 5.04. The molecule has 1 N–H and O–H groups in total. The zero-order valence-electron chi connectivity index (χ0n) is 8.15. The van der Waals surface area contributed by atoms with E-state index in [1.807, 2.05) is 0 Å². The monoisotopic (exact) mass is 229 g/mol. The van der Waals surface area contributed by atoms with Crippen LogP contribution in [0.5, 0.6) is 0 Å². The Morgan fingerprint density at radius 3 is 3.07 bits per heavy atom. The summed E-state index contributed by atoms with van der Waals surface area (Å²) in [6.07, 6.45) is 1.77. The van der Waals surface area contributed by atoms with E-state index < -0.39 is 0 Å². The highest BCUT2D eigenvalue weighted by Gasteiger charge is 2.30. The van der Waals surface area contributed by atoms with Gasteiger partial charge in [0.05, 0.1) is 12.6 Å². The lowest BCUT2D eigenvalue weighted by Gasteiger charge is -2.21. The summed E-state index contributed by atoms with van der Waals surface area (Å²) >= 11 is 5.59. The van der Waals surface area contributed by atoms with E-state index in [1.54, 1.807) is 17.0 Å². The third kappa shape index (κ3) is 2.01. The summed E-state index contributed by atoms with van der Waals surface area (Å²) in [7, 11) is 0. The SMILES string of the molecule is O=C(c1ccc(Cl)o1)N1CCC[C@H]1CO. The van der Waals surface area contributed by atoms with E-state index in [0.717, 1.165) is 12.8 Å². The normalized spacial score (nSPS) is 20.9. The molecule has 1 saturated heterocycles. The quantitative estimate of drug-likeness (QED) is 0.837. The minimum atomic E-state index is -0.196. The van der Waals surface area contributed by atoms with Gasteiger partial charge in [0.25, 0.3) is 5.91 Å². The number of rotatable bonds is 2. The van der Waals surface area contributed by atoms with Crippen molar-refractivity contribution < 1.29 is 14.3 Å². The molecule has 0 unspecified atom stereocenters. The van der Waals surface area contributed by atoms with Crippen LogP contribution in [0.3, 0.4) is 0 Å². The average molecular weight is 230 g/mol. The fourth-order valence-electron chi connectivity index (χ4n) is 1.86. The Hall–Kier alpha value is -1.00. The maximum atomic E-state index is 11.9. The third-order valence-electron chi connectivity index (χ3n) is 2.63. The van der Waals surface area contributed by atoms with E-state index in [9.17, 15) is 4.79 Å². The number of carbonyl (C=O) groups is 1. The highest BCUT2D eigenvalue weighted by Crippen LogP contribution is 2.21. The number of nitrogens with zero attached hydrogens (tertiary/aromatic N) is 1. The Kier molecular flexibility index (Phi) is 2.98. The predicted molar refractivity (Wildman–Crippen MR) is 54.9 cm³/mol. The van der Waals surface area contributed by atoms with Crippen LogP contribution in [0.2, 0.25) is 5.22 Å². The molecule has 1 aliphatic heterocycles. The minimum absolute atomic E-state index is 0.000179. The van der Waals surface area contributed by atoms with Gasteiger partial charge >= 0.3 is 0 Å². The van der Waals surface area contributed by atoms with E-state index in [0.29, 0.717) is 6.54 Å². The summed E-state index contributed by atoms with van der Waals surface area (Å²) in [4.78, 5) is 13.5. The topological polar surface area (TPSA) is 53.7 Å². The second-order valence-electron chi connectivity index (χ2n) is 3.58. The number of furan rings is 1. The number of halogens is 1. The highest BCUT2D eigenvalue weighted by molar-refractivity contribution is 6.29. The Morgan fingerprint density at radius 1 is 1.67 bits per heavy atom. The lowest BCUT2D eigenvalue weighted by molar-refractivity contribution is 0.0646. The molecule has 0 saturated carbocycles. The summed E-state index contributed by atoms with van der Waals surface area (Å²) in [5.74, 6) is 0.0406. The second-order valence-corrected chi connectivity index (χ2v) is 3.95. The molecular weight excluding hydrogens is 218 g/mol. The van der Waals surface area contributed by atoms with Crippen molar-refractivity contribution in [3.8, 4) is 0 Å². The molecule has 0 bridgehead atoms. The molecule has 0 spiro atoms. The van der Waals surface area contributed by atoms with Crippen LogP contribution >= 0.6 is 11.6 Å². The molecule has 2 rings (SSSR count). The zero-order chi connectivity index (χ0) is 10.8. The van der Waals surface area contributed by atoms with E-state index >= 15 is 0 Å². The van der Waals surface area contributed by atoms with Crippen LogP contribution in [-0.2, 0) is 0 Å². The average Bonchev–Trinajstić information content (AvgIpc) is 2.84. The largest absolute Gasteiger partial charge is 0.440 e. The van der Waals surface area contributed by atoms with Gasteiger partial charge in [-0.25, -0.2) is 0 Å². The standard InChI is InChI=1S/C10H12ClNO3/c11-9-4-3-8(15-9)10(14)12-5-1-2-7(12)6-13/h3-4,7,13H,1-2,5-6H2/t7-/m0/s1. The van der Waals surface area contributed by atoms with Crippen LogP contribution in [0.1, 0.15) is 23.4 Å². The summed E-state index contributed by atoms with van der Waals surface area (Å²) in [6, 6.07) is 3.01. The van der Waals surface area contributed by atoms with Gasteiger partial charge in [0.15, 0.2) is 11.0 Å². The maximum absolute atomic E-state index is 11.9. The molecule has 1 aliphatic rings. The molecule has 1 atom stereocenters. The number of carbonyl (C=O) groups excluding carboxylic acids is 1. The molecule has 1 aromatic heterocycles. The van der Waals surface area contributed by atoms with Crippen molar-refractivity contribution in [1.82, 2.24) is 4.90 Å². The lowest BCUT2D eigenvalue weighted by atomic mass is 10.2. The summed E-state index contributed by atoms with van der Waals surface area (Å²) in [6.45, 7) is 0.669. The van der Waals surface area contributed by atoms with Crippen LogP contribution in [0.15, 0.2) is 16.5 Å². The lowest BCUT2D eigenvalue weighted by Crippen LogP contribution is -2.37. The molecule has 1 amide bonds. The van der Waals surface area contributed by atoms with Gasteiger partial charge in [-0.1, -0.05) is 0 Å². The molecule has 1 aromatic rings. The van der Waals surface area contributed by atoms with Crippen molar-refractivity contribution in [2.75, 3.05) is 13.2 Å². The van der Waals surface area contributed by atoms with Gasteiger partial charge in [-0.05, 0) is 36.6 Å². The van der Waals surface area contributed by atoms with Crippen molar-refractivity contribution in [1.29, 1.82) is 0 Å². The summed E-state index contributed by atoms with van der Waals surface area (Å²) in [5, 5.41) is 9.29. The molecule has 0 aromatic carbocycles. The minimum Gasteiger partial charge on any atom is -0.440 e. The molecule has 82 valence electrons. The Bertz CT molecular complexity index is 363. The first kappa shape index (κ1) is 10.5. The number of likely N-dealkylation sites (tertiary alicyclic amines) is 1. The predicted octanol–water partition coefficient (Wildman–Crippen LogP) is 1.53. The fourth-order valence-corrected chi connectivity index (χ4v) is 2.01. The van der Waals surface area contributed by atoms with Crippen LogP contribution in [0.4, 0.5) is 0 Å². The van der Waals surface area contributed by atoms with Gasteiger partial charge in [-0.2, -0.15) is 0 Å². The molecule has 1 fully saturated rings. The number of hydrogen-bond donors (Lipinski definition) is 1. The van der Waals surface area contributed by atoms with Crippen molar-refractivity contribution >= 4 is 17.5 Å². The Labute approximate surface area is 92.4 Å². The number of hydrogen-bond acceptors (Lipinski definition) is 3. The van der Waals surface area contributed by atoms with Gasteiger partial charge in [0, 0.05) is 6.54 Å². The first-order chi connectivity index (χ1) is 7.22. The van der Waals surface area contributed by atoms with Gasteiger partial charge in [-0.15, -0.1) is 0 Å². The molecule has 2 heterocycles.